The van der Waals surface area contributed by atoms with E-state index in [4.69, 9.17) is 4.79 Å². The normalized spacial score (nSPS) is 5.71. The van der Waals surface area contributed by atoms with Crippen molar-refractivity contribution in [2.45, 2.75) is 0 Å². The number of hydrogen-bond acceptors (Lipinski definition) is 3. The maximum Gasteiger partial charge on any atom is 0.170 e. The van der Waals surface area contributed by atoms with Crippen LogP contribution in [0.1, 0.15) is 0 Å². The van der Waals surface area contributed by atoms with E-state index in [1.165, 1.54) is 0 Å². The largest absolute Gasteiger partial charge is 0.606 e. The first-order chi connectivity index (χ1) is 2.77. The van der Waals surface area contributed by atoms with Crippen LogP contribution in [-0.2, 0) is 47.0 Å². The van der Waals surface area contributed by atoms with Gasteiger partial charge in [-0.1, -0.05) is 0 Å². The smallest absolute Gasteiger partial charge is 0.170 e. The predicted octanol–water partition coefficient (Wildman–Crippen LogP) is -0.572. The fourth-order valence-corrected chi connectivity index (χ4v) is 0.0465. The van der Waals surface area contributed by atoms with E-state index in [9.17, 15) is 4.79 Å². The van der Waals surface area contributed by atoms with Gasteiger partial charge in [0.1, 0.15) is 0 Å². The number of rotatable bonds is 1. The van der Waals surface area contributed by atoms with Crippen LogP contribution < -0.4 is 0 Å². The molecule has 0 aliphatic rings. The summed E-state index contributed by atoms with van der Waals surface area (Å²) in [5.74, 6) is -0.884. The van der Waals surface area contributed by atoms with Gasteiger partial charge in [0, 0.05) is 38.7 Å². The van der Waals surface area contributed by atoms with Crippen molar-refractivity contribution in [2.75, 3.05) is 0 Å². The summed E-state index contributed by atoms with van der Waals surface area (Å²) in [6.45, 7) is 3.61. The number of esters is 1. The van der Waals surface area contributed by atoms with Crippen LogP contribution in [-0.4, -0.2) is 12.4 Å². The van der Waals surface area contributed by atoms with E-state index in [0.717, 1.165) is 6.47 Å². The minimum absolute atomic E-state index is 0. The van der Waals surface area contributed by atoms with Gasteiger partial charge in [-0.25, -0.2) is 0 Å². The molecule has 0 aliphatic carbocycles. The molecule has 0 aromatic rings. The maximum atomic E-state index is 9.45. The second-order valence-electron chi connectivity index (χ2n) is 0.557. The van der Waals surface area contributed by atoms with Gasteiger partial charge >= 0.3 is 0 Å². The summed E-state index contributed by atoms with van der Waals surface area (Å²) < 4.78 is 3.49. The minimum atomic E-state index is -0.884. The van der Waals surface area contributed by atoms with Crippen molar-refractivity contribution in [1.29, 1.82) is 0 Å². The molecule has 0 heterocycles. The molecule has 0 N–H and O–H groups in total. The number of carbonyl (C=O) groups is 1. The summed E-state index contributed by atoms with van der Waals surface area (Å²) in [7, 11) is 0. The van der Waals surface area contributed by atoms with Gasteiger partial charge in [0.2, 0.25) is 0 Å². The molecule has 0 saturated carbocycles. The van der Waals surface area contributed by atoms with E-state index in [1.807, 2.05) is 0 Å². The van der Waals surface area contributed by atoms with Crippen molar-refractivity contribution in [3.63, 3.8) is 0 Å². The fourth-order valence-electron chi connectivity index (χ4n) is 0.0465. The molecular weight excluding hydrogens is 173 g/mol. The van der Waals surface area contributed by atoms with Gasteiger partial charge in [0.05, 0.1) is 0 Å². The van der Waals surface area contributed by atoms with Crippen LogP contribution in [0, 0.1) is 6.92 Å². The van der Waals surface area contributed by atoms with Crippen molar-refractivity contribution >= 4 is 12.4 Å². The standard InChI is InChI=1S/C3H2O3.Y/c1-3(5)6-2-4;/h1H2;/q-2;. The molecule has 0 amide bonds. The summed E-state index contributed by atoms with van der Waals surface area (Å²) >= 11 is 0. The van der Waals surface area contributed by atoms with E-state index in [-0.39, 0.29) is 32.7 Å². The molecule has 0 aromatic heterocycles. The second-order valence-corrected chi connectivity index (χ2v) is 0.557. The second kappa shape index (κ2) is 6.11. The monoisotopic (exact) mass is 175 g/mol. The van der Waals surface area contributed by atoms with Crippen LogP contribution in [0.4, 0.5) is 0 Å². The number of hydrogen-bond donors (Lipinski definition) is 0. The van der Waals surface area contributed by atoms with Gasteiger partial charge in [-0.15, -0.1) is 0 Å². The summed E-state index contributed by atoms with van der Waals surface area (Å²) in [4.78, 5) is 18.5. The Balaban J connectivity index is 0. The van der Waals surface area contributed by atoms with Gasteiger partial charge in [-0.3, -0.25) is 0 Å². The number of ether oxygens (including phenoxy) is 1. The Morgan fingerprint density at radius 2 is 2.14 bits per heavy atom. The van der Waals surface area contributed by atoms with Crippen LogP contribution in [0.15, 0.2) is 0 Å². The zero-order valence-electron chi connectivity index (χ0n) is 3.51. The third kappa shape index (κ3) is 10.7. The Morgan fingerprint density at radius 3 is 2.14 bits per heavy atom. The van der Waals surface area contributed by atoms with Crippen molar-refractivity contribution in [2.24, 2.45) is 0 Å². The third-order valence-electron chi connectivity index (χ3n) is 0.156. The molecule has 7 heavy (non-hydrogen) atoms. The molecule has 0 unspecified atom stereocenters. The van der Waals surface area contributed by atoms with E-state index < -0.39 is 5.97 Å². The molecule has 0 rings (SSSR count). The molecule has 0 aliphatic heterocycles. The van der Waals surface area contributed by atoms with Gasteiger partial charge in [0.25, 0.3) is 0 Å². The van der Waals surface area contributed by atoms with Gasteiger partial charge in [-0.05, 0) is 0 Å². The number of carbonyl (C=O) groups excluding carboxylic acids is 2. The summed E-state index contributed by atoms with van der Waals surface area (Å²) in [6, 6.07) is 0. The van der Waals surface area contributed by atoms with E-state index in [0.29, 0.717) is 0 Å². The molecule has 3 nitrogen and oxygen atoms in total. The average Bonchev–Trinajstić information content (AvgIpc) is 1.35. The van der Waals surface area contributed by atoms with E-state index >= 15 is 0 Å². The Kier molecular flexibility index (Phi) is 8.88. The predicted molar refractivity (Wildman–Crippen MR) is 17.1 cm³/mol. The average molecular weight is 175 g/mol. The Labute approximate surface area is 66.3 Å². The zero-order chi connectivity index (χ0) is 4.99. The van der Waals surface area contributed by atoms with E-state index in [1.54, 1.807) is 0 Å². The first-order valence-electron chi connectivity index (χ1n) is 1.17. The quantitative estimate of drug-likeness (QED) is 0.304. The Hall–Kier alpha value is 0.114. The molecule has 1 radical (unpaired) electrons. The fraction of sp³-hybridized carbons (Fsp3) is 0. The van der Waals surface area contributed by atoms with Crippen molar-refractivity contribution in [3.8, 4) is 0 Å². The van der Waals surface area contributed by atoms with Crippen LogP contribution in [0.25, 0.3) is 0 Å². The molecule has 0 spiro atoms. The summed E-state index contributed by atoms with van der Waals surface area (Å²) in [5.41, 5.74) is 0. The van der Waals surface area contributed by atoms with Crippen LogP contribution in [0.3, 0.4) is 0 Å². The first-order valence-corrected chi connectivity index (χ1v) is 1.17. The topological polar surface area (TPSA) is 43.4 Å². The van der Waals surface area contributed by atoms with Gasteiger partial charge < -0.3 is 21.2 Å². The molecule has 37 valence electrons. The summed E-state index contributed by atoms with van der Waals surface area (Å²) in [5, 5.41) is 0. The molecule has 4 heteroatoms. The molecule has 0 fully saturated rings. The first kappa shape index (κ1) is 10.2. The van der Waals surface area contributed by atoms with Gasteiger partial charge in [-0.2, -0.15) is 0 Å². The van der Waals surface area contributed by atoms with Crippen molar-refractivity contribution in [1.82, 2.24) is 0 Å². The van der Waals surface area contributed by atoms with E-state index in [2.05, 4.69) is 11.7 Å². The maximum absolute atomic E-state index is 9.45. The molecule has 0 aromatic carbocycles. The van der Waals surface area contributed by atoms with Gasteiger partial charge in [0.15, 0.2) is 6.47 Å². The van der Waals surface area contributed by atoms with Crippen molar-refractivity contribution in [3.05, 3.63) is 6.92 Å². The summed E-state index contributed by atoms with van der Waals surface area (Å²) in [6.07, 6.45) is 0. The molecular formula is C3H2O3Y-2. The Morgan fingerprint density at radius 1 is 1.71 bits per heavy atom. The SMILES string of the molecule is [CH2-]C(=O)O[C-]=O.[Y]. The molecule has 0 bridgehead atoms. The Bertz CT molecular complexity index is 70.6. The van der Waals surface area contributed by atoms with Crippen molar-refractivity contribution < 1.29 is 47.0 Å². The van der Waals surface area contributed by atoms with Crippen LogP contribution in [0.5, 0.6) is 0 Å². The van der Waals surface area contributed by atoms with Crippen LogP contribution in [0.2, 0.25) is 0 Å². The third-order valence-corrected chi connectivity index (χ3v) is 0.156. The molecule has 0 saturated heterocycles. The minimum Gasteiger partial charge on any atom is -0.606 e. The molecule has 0 atom stereocenters. The zero-order valence-corrected chi connectivity index (χ0v) is 6.35. The van der Waals surface area contributed by atoms with Crippen LogP contribution >= 0.6 is 0 Å².